The van der Waals surface area contributed by atoms with Crippen LogP contribution in [0.5, 0.6) is 5.75 Å². The summed E-state index contributed by atoms with van der Waals surface area (Å²) >= 11 is 3.42. The highest BCUT2D eigenvalue weighted by atomic mass is 79.9. The lowest BCUT2D eigenvalue weighted by atomic mass is 9.95. The van der Waals surface area contributed by atoms with Crippen molar-refractivity contribution in [3.05, 3.63) is 16.6 Å². The predicted octanol–water partition coefficient (Wildman–Crippen LogP) is 2.04. The zero-order chi connectivity index (χ0) is 12.4. The Bertz CT molecular complexity index is 407. The average molecular weight is 296 g/mol. The van der Waals surface area contributed by atoms with Gasteiger partial charge in [0.25, 0.3) is 0 Å². The van der Waals surface area contributed by atoms with Crippen LogP contribution < -0.4 is 10.4 Å². The van der Waals surface area contributed by atoms with Crippen LogP contribution in [0.4, 0.5) is 5.69 Å². The molecule has 0 aliphatic heterocycles. The van der Waals surface area contributed by atoms with Gasteiger partial charge in [-0.15, -0.1) is 0 Å². The van der Waals surface area contributed by atoms with Crippen LogP contribution in [0.25, 0.3) is 0 Å². The van der Waals surface area contributed by atoms with Gasteiger partial charge in [0, 0.05) is 13.1 Å². The third kappa shape index (κ3) is 3.18. The third-order valence-electron chi connectivity index (χ3n) is 3.20. The number of hydrogen-bond donors (Lipinski definition) is 1. The lowest BCUT2D eigenvalue weighted by Crippen LogP contribution is -2.27. The fourth-order valence-electron chi connectivity index (χ4n) is 2.15. The molecule has 1 aliphatic carbocycles. The largest absolute Gasteiger partial charge is 0.505 e. The summed E-state index contributed by atoms with van der Waals surface area (Å²) in [7, 11) is 2.06. The van der Waals surface area contributed by atoms with E-state index < -0.39 is 0 Å². The molecule has 2 nitrogen and oxygen atoms in total. The van der Waals surface area contributed by atoms with Crippen LogP contribution in [0.3, 0.4) is 0 Å². The van der Waals surface area contributed by atoms with Gasteiger partial charge in [-0.1, -0.05) is 18.5 Å². The molecule has 0 aromatic heterocycles. The molecule has 0 bridgehead atoms. The van der Waals surface area contributed by atoms with Gasteiger partial charge in [0.05, 0.1) is 10.2 Å². The molecular weight excluding hydrogens is 277 g/mol. The van der Waals surface area contributed by atoms with Crippen molar-refractivity contribution >= 4 is 34.9 Å². The monoisotopic (exact) mass is 295 g/mol. The Morgan fingerprint density at radius 1 is 1.47 bits per heavy atom. The van der Waals surface area contributed by atoms with Gasteiger partial charge in [0.2, 0.25) is 0 Å². The number of rotatable bonds is 5. The minimum Gasteiger partial charge on any atom is -0.505 e. The van der Waals surface area contributed by atoms with E-state index in [1.807, 2.05) is 6.07 Å². The molecule has 1 aromatic carbocycles. The van der Waals surface area contributed by atoms with Crippen LogP contribution in [-0.4, -0.2) is 26.0 Å². The van der Waals surface area contributed by atoms with E-state index in [0.29, 0.717) is 5.75 Å². The van der Waals surface area contributed by atoms with Gasteiger partial charge in [0.15, 0.2) is 5.75 Å². The molecule has 0 saturated heterocycles. The molecule has 4 heteroatoms. The highest BCUT2D eigenvalue weighted by Gasteiger charge is 2.25. The zero-order valence-corrected chi connectivity index (χ0v) is 12.1. The van der Waals surface area contributed by atoms with Crippen molar-refractivity contribution in [3.8, 4) is 5.75 Å². The highest BCUT2D eigenvalue weighted by molar-refractivity contribution is 9.10. The molecule has 92 valence electrons. The van der Waals surface area contributed by atoms with Gasteiger partial charge in [0.1, 0.15) is 7.85 Å². The number of anilines is 1. The van der Waals surface area contributed by atoms with E-state index in [2.05, 4.69) is 41.7 Å². The Morgan fingerprint density at radius 3 is 2.76 bits per heavy atom. The summed E-state index contributed by atoms with van der Waals surface area (Å²) in [6.45, 7) is 4.28. The van der Waals surface area contributed by atoms with E-state index in [1.54, 1.807) is 0 Å². The normalized spacial score (nSPS) is 14.9. The van der Waals surface area contributed by atoms with Gasteiger partial charge in [-0.3, -0.25) is 0 Å². The number of phenols is 1. The number of aromatic hydroxyl groups is 1. The number of nitrogens with zero attached hydrogens (tertiary/aromatic N) is 1. The summed E-state index contributed by atoms with van der Waals surface area (Å²) in [6, 6.07) is 4.04. The lowest BCUT2D eigenvalue weighted by Gasteiger charge is -2.26. The maximum atomic E-state index is 10.2. The van der Waals surface area contributed by atoms with E-state index in [-0.39, 0.29) is 0 Å². The van der Waals surface area contributed by atoms with Crippen LogP contribution in [0, 0.1) is 5.92 Å². The summed E-state index contributed by atoms with van der Waals surface area (Å²) in [5.74, 6) is 1.21. The first-order valence-electron chi connectivity index (χ1n) is 6.36. The fraction of sp³-hybridized carbons (Fsp3) is 0.538. The quantitative estimate of drug-likeness (QED) is 0.841. The third-order valence-corrected chi connectivity index (χ3v) is 3.80. The first-order valence-corrected chi connectivity index (χ1v) is 7.15. The first kappa shape index (κ1) is 12.8. The van der Waals surface area contributed by atoms with Crippen LogP contribution in [0.2, 0.25) is 0 Å². The second-order valence-corrected chi connectivity index (χ2v) is 5.86. The smallest absolute Gasteiger partial charge is 0.153 e. The van der Waals surface area contributed by atoms with Gasteiger partial charge in [-0.05, 0) is 47.2 Å². The maximum Gasteiger partial charge on any atom is 0.153 e. The number of hydrogen-bond acceptors (Lipinski definition) is 2. The Morgan fingerprint density at radius 2 is 2.18 bits per heavy atom. The number of phenolic OH excluding ortho intramolecular Hbond substituents is 1. The standard InChI is InChI=1S/C13H19BBrNO/c1-2-5-16(8-9-3-4-9)12-7-10(14)6-11(15)13(12)17/h6-7,9,17H,2-5,8,14H2,1H3. The molecule has 0 spiro atoms. The van der Waals surface area contributed by atoms with Crippen LogP contribution in [0.1, 0.15) is 26.2 Å². The molecule has 0 atom stereocenters. The summed E-state index contributed by atoms with van der Waals surface area (Å²) in [5.41, 5.74) is 2.16. The van der Waals surface area contributed by atoms with E-state index in [9.17, 15) is 5.11 Å². The van der Waals surface area contributed by atoms with E-state index >= 15 is 0 Å². The number of benzene rings is 1. The lowest BCUT2D eigenvalue weighted by molar-refractivity contribution is 0.470. The van der Waals surface area contributed by atoms with Gasteiger partial charge >= 0.3 is 0 Å². The SMILES string of the molecule is Bc1cc(Br)c(O)c(N(CCC)CC2CC2)c1. The van der Waals surface area contributed by atoms with Crippen molar-refractivity contribution in [2.75, 3.05) is 18.0 Å². The Balaban J connectivity index is 2.26. The molecule has 1 aromatic rings. The van der Waals surface area contributed by atoms with E-state index in [0.717, 1.165) is 35.6 Å². The van der Waals surface area contributed by atoms with E-state index in [1.165, 1.54) is 18.3 Å². The van der Waals surface area contributed by atoms with Crippen LogP contribution in [-0.2, 0) is 0 Å². The molecule has 1 saturated carbocycles. The molecule has 0 amide bonds. The van der Waals surface area contributed by atoms with Gasteiger partial charge in [-0.25, -0.2) is 0 Å². The van der Waals surface area contributed by atoms with Crippen molar-refractivity contribution in [2.24, 2.45) is 5.92 Å². The van der Waals surface area contributed by atoms with Crippen molar-refractivity contribution in [1.29, 1.82) is 0 Å². The molecule has 1 N–H and O–H groups in total. The van der Waals surface area contributed by atoms with Crippen molar-refractivity contribution < 1.29 is 5.11 Å². The highest BCUT2D eigenvalue weighted by Crippen LogP contribution is 2.37. The molecule has 1 fully saturated rings. The summed E-state index contributed by atoms with van der Waals surface area (Å²) in [4.78, 5) is 2.32. The average Bonchev–Trinajstić information content (AvgIpc) is 3.07. The molecular formula is C13H19BBrNO. The summed E-state index contributed by atoms with van der Waals surface area (Å²) < 4.78 is 0.796. The Kier molecular flexibility index (Phi) is 4.03. The van der Waals surface area contributed by atoms with Crippen molar-refractivity contribution in [3.63, 3.8) is 0 Å². The first-order chi connectivity index (χ1) is 8.11. The second-order valence-electron chi connectivity index (χ2n) is 5.00. The van der Waals surface area contributed by atoms with Crippen LogP contribution >= 0.6 is 15.9 Å². The predicted molar refractivity (Wildman–Crippen MR) is 79.2 cm³/mol. The van der Waals surface area contributed by atoms with Gasteiger partial charge < -0.3 is 10.0 Å². The minimum absolute atomic E-state index is 0.379. The Hall–Kier alpha value is -0.635. The number of halogens is 1. The molecule has 0 unspecified atom stereocenters. The Labute approximate surface area is 113 Å². The topological polar surface area (TPSA) is 23.5 Å². The minimum atomic E-state index is 0.379. The molecule has 1 aliphatic rings. The fourth-order valence-corrected chi connectivity index (χ4v) is 2.71. The molecule has 2 rings (SSSR count). The van der Waals surface area contributed by atoms with Crippen molar-refractivity contribution in [2.45, 2.75) is 26.2 Å². The van der Waals surface area contributed by atoms with Gasteiger partial charge in [-0.2, -0.15) is 0 Å². The molecule has 0 heterocycles. The molecule has 0 radical (unpaired) electrons. The maximum absolute atomic E-state index is 10.2. The van der Waals surface area contributed by atoms with Crippen molar-refractivity contribution in [1.82, 2.24) is 0 Å². The zero-order valence-electron chi connectivity index (χ0n) is 10.5. The summed E-state index contributed by atoms with van der Waals surface area (Å²) in [5, 5.41) is 10.2. The molecule has 17 heavy (non-hydrogen) atoms. The van der Waals surface area contributed by atoms with E-state index in [4.69, 9.17) is 0 Å². The summed E-state index contributed by atoms with van der Waals surface area (Å²) in [6.07, 6.45) is 3.79. The van der Waals surface area contributed by atoms with Crippen LogP contribution in [0.15, 0.2) is 16.6 Å². The second kappa shape index (κ2) is 5.34.